The van der Waals surface area contributed by atoms with E-state index in [2.05, 4.69) is 0 Å². The molecule has 0 fully saturated rings. The maximum atomic E-state index is 13.2. The van der Waals surface area contributed by atoms with E-state index in [9.17, 15) is 22.9 Å². The largest absolute Gasteiger partial charge is 0.482 e. The lowest BCUT2D eigenvalue weighted by molar-refractivity contribution is -0.386. The van der Waals surface area contributed by atoms with Gasteiger partial charge in [0.1, 0.15) is 12.4 Å². The highest BCUT2D eigenvalue weighted by molar-refractivity contribution is 7.89. The average molecular weight is 382 g/mol. The fourth-order valence-corrected chi connectivity index (χ4v) is 3.90. The molecule has 0 heterocycles. The summed E-state index contributed by atoms with van der Waals surface area (Å²) in [5, 5.41) is 11.3. The van der Waals surface area contributed by atoms with Gasteiger partial charge in [0.25, 0.3) is 0 Å². The van der Waals surface area contributed by atoms with Crippen molar-refractivity contribution in [1.29, 1.82) is 0 Å². The fourth-order valence-electron chi connectivity index (χ4n) is 2.42. The van der Waals surface area contributed by atoms with Gasteiger partial charge in [-0.05, 0) is 29.8 Å². The summed E-state index contributed by atoms with van der Waals surface area (Å²) in [4.78, 5) is 10.5. The number of halogens is 1. The molecule has 7 nitrogen and oxygen atoms in total. The van der Waals surface area contributed by atoms with Crippen molar-refractivity contribution in [2.75, 3.05) is 13.1 Å². The minimum atomic E-state index is -3.82. The molecule has 0 aliphatic heterocycles. The minimum absolute atomic E-state index is 0.0826. The predicted octanol–water partition coefficient (Wildman–Crippen LogP) is 3.34. The number of hydrogen-bond donors (Lipinski definition) is 0. The highest BCUT2D eigenvalue weighted by Gasteiger charge is 2.26. The van der Waals surface area contributed by atoms with E-state index in [1.165, 1.54) is 34.6 Å². The van der Waals surface area contributed by atoms with Crippen molar-refractivity contribution in [2.24, 2.45) is 0 Å². The lowest BCUT2D eigenvalue weighted by Crippen LogP contribution is -2.30. The van der Waals surface area contributed by atoms with Crippen LogP contribution >= 0.6 is 0 Å². The van der Waals surface area contributed by atoms with Crippen LogP contribution in [0, 0.1) is 15.9 Å². The number of nitro benzene ring substituents is 1. The van der Waals surface area contributed by atoms with Crippen molar-refractivity contribution < 1.29 is 22.5 Å². The van der Waals surface area contributed by atoms with Crippen LogP contribution in [-0.4, -0.2) is 30.7 Å². The second-order valence-electron chi connectivity index (χ2n) is 5.39. The van der Waals surface area contributed by atoms with Crippen LogP contribution in [0.5, 0.6) is 5.75 Å². The molecule has 0 aromatic heterocycles. The van der Waals surface area contributed by atoms with Crippen LogP contribution in [0.2, 0.25) is 0 Å². The number of hydrogen-bond acceptors (Lipinski definition) is 5. The summed E-state index contributed by atoms with van der Waals surface area (Å²) in [5.74, 6) is -0.529. The summed E-state index contributed by atoms with van der Waals surface area (Å²) in [6.07, 6.45) is 0. The monoisotopic (exact) mass is 382 g/mol. The molecule has 2 aromatic rings. The Hall–Kier alpha value is -2.52. The van der Waals surface area contributed by atoms with Crippen LogP contribution in [-0.2, 0) is 16.6 Å². The first-order chi connectivity index (χ1) is 12.3. The minimum Gasteiger partial charge on any atom is -0.482 e. The average Bonchev–Trinajstić information content (AvgIpc) is 2.60. The molecule has 140 valence electrons. The first-order valence-electron chi connectivity index (χ1n) is 7.95. The van der Waals surface area contributed by atoms with Crippen LogP contribution in [0.1, 0.15) is 19.4 Å². The Bertz CT molecular complexity index is 898. The lowest BCUT2D eigenvalue weighted by atomic mass is 10.2. The zero-order chi connectivity index (χ0) is 19.3. The molecule has 0 saturated carbocycles. The molecule has 0 aliphatic rings. The van der Waals surface area contributed by atoms with Gasteiger partial charge in [-0.25, -0.2) is 12.8 Å². The maximum absolute atomic E-state index is 13.2. The molecule has 0 spiro atoms. The van der Waals surface area contributed by atoms with E-state index >= 15 is 0 Å². The van der Waals surface area contributed by atoms with Gasteiger partial charge in [-0.15, -0.1) is 0 Å². The van der Waals surface area contributed by atoms with E-state index in [0.717, 1.165) is 6.07 Å². The Balaban J connectivity index is 2.33. The Morgan fingerprint density at radius 1 is 1.15 bits per heavy atom. The molecular weight excluding hydrogens is 363 g/mol. The highest BCUT2D eigenvalue weighted by atomic mass is 32.2. The van der Waals surface area contributed by atoms with E-state index in [4.69, 9.17) is 4.74 Å². The Kier molecular flexibility index (Phi) is 6.27. The Morgan fingerprint density at radius 3 is 2.42 bits per heavy atom. The topological polar surface area (TPSA) is 89.8 Å². The van der Waals surface area contributed by atoms with Gasteiger partial charge in [0.15, 0.2) is 5.75 Å². The van der Waals surface area contributed by atoms with Gasteiger partial charge in [0, 0.05) is 19.2 Å². The Morgan fingerprint density at radius 2 is 1.85 bits per heavy atom. The van der Waals surface area contributed by atoms with Crippen LogP contribution in [0.15, 0.2) is 47.4 Å². The smallest absolute Gasteiger partial charge is 0.312 e. The quantitative estimate of drug-likeness (QED) is 0.516. The molecule has 0 unspecified atom stereocenters. The van der Waals surface area contributed by atoms with Crippen molar-refractivity contribution in [2.45, 2.75) is 25.3 Å². The molecule has 9 heteroatoms. The first kappa shape index (κ1) is 19.8. The number of nitro groups is 1. The van der Waals surface area contributed by atoms with Gasteiger partial charge in [-0.3, -0.25) is 10.1 Å². The van der Waals surface area contributed by atoms with Gasteiger partial charge < -0.3 is 4.74 Å². The van der Waals surface area contributed by atoms with Crippen LogP contribution in [0.25, 0.3) is 0 Å². The second kappa shape index (κ2) is 8.24. The van der Waals surface area contributed by atoms with E-state index in [-0.39, 0.29) is 30.3 Å². The predicted molar refractivity (Wildman–Crippen MR) is 93.9 cm³/mol. The van der Waals surface area contributed by atoms with Gasteiger partial charge in [0.2, 0.25) is 10.0 Å². The molecule has 0 bridgehead atoms. The fraction of sp³-hybridized carbons (Fsp3) is 0.294. The number of benzene rings is 2. The first-order valence-corrected chi connectivity index (χ1v) is 9.39. The van der Waals surface area contributed by atoms with Crippen LogP contribution < -0.4 is 4.74 Å². The van der Waals surface area contributed by atoms with E-state index in [1.54, 1.807) is 19.9 Å². The third-order valence-corrected chi connectivity index (χ3v) is 5.80. The summed E-state index contributed by atoms with van der Waals surface area (Å²) >= 11 is 0. The van der Waals surface area contributed by atoms with Crippen molar-refractivity contribution in [3.63, 3.8) is 0 Å². The van der Waals surface area contributed by atoms with Crippen LogP contribution in [0.4, 0.5) is 10.1 Å². The molecule has 2 rings (SSSR count). The lowest BCUT2D eigenvalue weighted by Gasteiger charge is -2.18. The third kappa shape index (κ3) is 4.36. The zero-order valence-corrected chi connectivity index (χ0v) is 15.2. The van der Waals surface area contributed by atoms with E-state index < -0.39 is 26.5 Å². The molecule has 0 amide bonds. The molecule has 2 aromatic carbocycles. The number of sulfonamides is 1. The SMILES string of the molecule is CCN(CC)S(=O)(=O)c1ccc(OCc2cccc(F)c2)c([N+](=O)[O-])c1. The maximum Gasteiger partial charge on any atom is 0.312 e. The van der Waals surface area contributed by atoms with Crippen LogP contribution in [0.3, 0.4) is 0 Å². The molecule has 26 heavy (non-hydrogen) atoms. The number of ether oxygens (including phenoxy) is 1. The highest BCUT2D eigenvalue weighted by Crippen LogP contribution is 2.31. The number of rotatable bonds is 8. The van der Waals surface area contributed by atoms with E-state index in [0.29, 0.717) is 5.56 Å². The standard InChI is InChI=1S/C17H19FN2O5S/c1-3-19(4-2)26(23,24)15-8-9-17(16(11-15)20(21)22)25-12-13-6-5-7-14(18)10-13/h5-11H,3-4,12H2,1-2H3. The molecule has 0 atom stereocenters. The van der Waals surface area contributed by atoms with Gasteiger partial charge in [0.05, 0.1) is 9.82 Å². The molecule has 0 aliphatic carbocycles. The summed E-state index contributed by atoms with van der Waals surface area (Å²) in [7, 11) is -3.82. The normalized spacial score (nSPS) is 11.5. The molecular formula is C17H19FN2O5S. The summed E-state index contributed by atoms with van der Waals surface area (Å²) in [6, 6.07) is 9.14. The van der Waals surface area contributed by atoms with Crippen molar-refractivity contribution in [3.8, 4) is 5.75 Å². The van der Waals surface area contributed by atoms with Gasteiger partial charge in [-0.2, -0.15) is 4.31 Å². The van der Waals surface area contributed by atoms with E-state index in [1.807, 2.05) is 0 Å². The van der Waals surface area contributed by atoms with Crippen molar-refractivity contribution >= 4 is 15.7 Å². The molecule has 0 radical (unpaired) electrons. The summed E-state index contributed by atoms with van der Waals surface area (Å²) < 4.78 is 44.8. The third-order valence-electron chi connectivity index (χ3n) is 3.75. The van der Waals surface area contributed by atoms with Gasteiger partial charge in [-0.1, -0.05) is 26.0 Å². The molecule has 0 N–H and O–H groups in total. The molecule has 0 saturated heterocycles. The summed E-state index contributed by atoms with van der Waals surface area (Å²) in [5.41, 5.74) is 0.0359. The van der Waals surface area contributed by atoms with Crippen molar-refractivity contribution in [1.82, 2.24) is 4.31 Å². The number of nitrogens with zero attached hydrogens (tertiary/aromatic N) is 2. The van der Waals surface area contributed by atoms with Crippen molar-refractivity contribution in [3.05, 3.63) is 64.0 Å². The summed E-state index contributed by atoms with van der Waals surface area (Å²) in [6.45, 7) is 3.80. The van der Waals surface area contributed by atoms with Gasteiger partial charge >= 0.3 is 5.69 Å². The Labute approximate surface area is 151 Å². The second-order valence-corrected chi connectivity index (χ2v) is 7.33. The zero-order valence-electron chi connectivity index (χ0n) is 14.4.